The van der Waals surface area contributed by atoms with E-state index in [1.165, 1.54) is 6.08 Å². The van der Waals surface area contributed by atoms with Crippen LogP contribution in [0.25, 0.3) is 11.0 Å². The number of nitrogens with one attached hydrogen (secondary N) is 1. The van der Waals surface area contributed by atoms with Crippen LogP contribution < -0.4 is 11.1 Å². The summed E-state index contributed by atoms with van der Waals surface area (Å²) < 4.78 is 12.2. The Bertz CT molecular complexity index is 1280. The number of primary amides is 1. The highest BCUT2D eigenvalue weighted by Crippen LogP contribution is 2.32. The van der Waals surface area contributed by atoms with E-state index in [0.29, 0.717) is 36.5 Å². The lowest BCUT2D eigenvalue weighted by Crippen LogP contribution is -2.37. The summed E-state index contributed by atoms with van der Waals surface area (Å²) in [5.74, 6) is 5.59. The number of fused-ring (bicyclic) bond motifs is 1. The number of rotatable bonds is 6. The predicted molar refractivity (Wildman–Crippen MR) is 122 cm³/mol. The topological polar surface area (TPSA) is 129 Å². The van der Waals surface area contributed by atoms with Crippen LogP contribution in [0, 0.1) is 11.8 Å². The fourth-order valence-electron chi connectivity index (χ4n) is 4.13. The summed E-state index contributed by atoms with van der Waals surface area (Å²) in [5, 5.41) is 12.3. The number of carbonyl (C=O) groups is 2. The monoisotopic (exact) mass is 448 g/mol. The molecule has 0 bridgehead atoms. The Kier molecular flexibility index (Phi) is 6.15. The summed E-state index contributed by atoms with van der Waals surface area (Å²) in [6.45, 7) is 4.36. The summed E-state index contributed by atoms with van der Waals surface area (Å²) in [7, 11) is 3.27. The third-order valence-corrected chi connectivity index (χ3v) is 5.63. The van der Waals surface area contributed by atoms with Crippen LogP contribution in [-0.4, -0.2) is 65.0 Å². The zero-order valence-corrected chi connectivity index (χ0v) is 18.4. The summed E-state index contributed by atoms with van der Waals surface area (Å²) in [5.41, 5.74) is 7.42. The largest absolute Gasteiger partial charge is 0.383 e. The van der Waals surface area contributed by atoms with E-state index in [1.807, 2.05) is 12.1 Å². The lowest BCUT2D eigenvalue weighted by molar-refractivity contribution is -0.127. The van der Waals surface area contributed by atoms with Crippen molar-refractivity contribution in [3.63, 3.8) is 0 Å². The third kappa shape index (κ3) is 4.18. The molecule has 3 heterocycles. The van der Waals surface area contributed by atoms with E-state index in [1.54, 1.807) is 36.0 Å². The van der Waals surface area contributed by atoms with Crippen LogP contribution in [0.2, 0.25) is 0 Å². The molecule has 170 valence electrons. The zero-order valence-electron chi connectivity index (χ0n) is 18.4. The number of nitrogens with two attached hydrogens (primary N) is 1. The van der Waals surface area contributed by atoms with E-state index in [0.717, 1.165) is 5.39 Å². The molecular formula is C23H24N6O4. The second kappa shape index (κ2) is 9.18. The van der Waals surface area contributed by atoms with E-state index in [9.17, 15) is 9.59 Å². The Morgan fingerprint density at radius 2 is 2.24 bits per heavy atom. The van der Waals surface area contributed by atoms with Crippen molar-refractivity contribution in [2.24, 2.45) is 5.73 Å². The molecule has 1 aromatic carbocycles. The highest BCUT2D eigenvalue weighted by Gasteiger charge is 2.37. The smallest absolute Gasteiger partial charge is 0.255 e. The molecule has 3 N–H and O–H groups in total. The number of nitrogens with zero attached hydrogens (tertiary/aromatic N) is 4. The highest BCUT2D eigenvalue weighted by atomic mass is 16.5. The Balaban J connectivity index is 1.72. The lowest BCUT2D eigenvalue weighted by Gasteiger charge is -2.22. The maximum absolute atomic E-state index is 12.3. The minimum atomic E-state index is -0.647. The van der Waals surface area contributed by atoms with E-state index < -0.39 is 5.91 Å². The van der Waals surface area contributed by atoms with Gasteiger partial charge in [-0.2, -0.15) is 5.10 Å². The minimum absolute atomic E-state index is 0.139. The molecule has 0 unspecified atom stereocenters. The number of hydrogen-bond acceptors (Lipinski definition) is 7. The van der Waals surface area contributed by atoms with Crippen molar-refractivity contribution in [3.8, 4) is 11.8 Å². The average Bonchev–Trinajstić information content (AvgIpc) is 3.53. The van der Waals surface area contributed by atoms with Gasteiger partial charge in [-0.15, -0.1) is 0 Å². The standard InChI is InChI=1S/C23H24N6O4/c1-4-20(30)28-12-16(10-17(28)13-32-3)29-23(25-2)21(22(24)31)18(27-29)8-6-14-5-7-15-11-26-33-19(15)9-14/h4-5,7,9,11,16-17,25H,1,10,12-13H2,2-3H3,(H2,24,31)/t16-,17+/m0/s1. The van der Waals surface area contributed by atoms with Gasteiger partial charge in [0.25, 0.3) is 5.91 Å². The molecule has 1 aliphatic heterocycles. The number of hydrogen-bond donors (Lipinski definition) is 2. The SMILES string of the molecule is C=CC(=O)N1C[C@@H](n2nc(C#Cc3ccc4cnoc4c3)c(C(N)=O)c2NC)C[C@@H]1COC. The quantitative estimate of drug-likeness (QED) is 0.432. The maximum Gasteiger partial charge on any atom is 0.255 e. The fraction of sp³-hybridized carbons (Fsp3) is 0.304. The number of anilines is 1. The number of aromatic nitrogens is 3. The van der Waals surface area contributed by atoms with E-state index in [4.69, 9.17) is 15.0 Å². The average molecular weight is 448 g/mol. The van der Waals surface area contributed by atoms with Gasteiger partial charge in [0, 0.05) is 31.7 Å². The summed E-state index contributed by atoms with van der Waals surface area (Å²) >= 11 is 0. The van der Waals surface area contributed by atoms with E-state index >= 15 is 0 Å². The number of benzene rings is 1. The number of amides is 2. The van der Waals surface area contributed by atoms with Gasteiger partial charge in [0.2, 0.25) is 5.91 Å². The summed E-state index contributed by atoms with van der Waals surface area (Å²) in [4.78, 5) is 26.3. The molecule has 0 spiro atoms. The number of ether oxygens (including phenoxy) is 1. The van der Waals surface area contributed by atoms with Crippen molar-refractivity contribution in [1.82, 2.24) is 19.8 Å². The molecule has 3 aromatic rings. The van der Waals surface area contributed by atoms with Crippen LogP contribution in [0.3, 0.4) is 0 Å². The maximum atomic E-state index is 12.3. The van der Waals surface area contributed by atoms with Gasteiger partial charge in [0.05, 0.1) is 24.9 Å². The minimum Gasteiger partial charge on any atom is -0.383 e. The lowest BCUT2D eigenvalue weighted by atomic mass is 10.1. The Morgan fingerprint density at radius 3 is 2.94 bits per heavy atom. The van der Waals surface area contributed by atoms with Crippen LogP contribution >= 0.6 is 0 Å². The van der Waals surface area contributed by atoms with Crippen LogP contribution in [0.15, 0.2) is 41.6 Å². The van der Waals surface area contributed by atoms with Gasteiger partial charge in [0.15, 0.2) is 11.3 Å². The van der Waals surface area contributed by atoms with Crippen molar-refractivity contribution in [3.05, 3.63) is 53.9 Å². The van der Waals surface area contributed by atoms with E-state index in [2.05, 4.69) is 34.0 Å². The van der Waals surface area contributed by atoms with E-state index in [-0.39, 0.29) is 29.2 Å². The second-order valence-electron chi connectivity index (χ2n) is 7.65. The molecule has 0 aliphatic carbocycles. The molecule has 4 rings (SSSR count). The molecule has 0 saturated carbocycles. The Labute approximate surface area is 190 Å². The molecule has 2 aromatic heterocycles. The van der Waals surface area contributed by atoms with Gasteiger partial charge in [-0.05, 0) is 36.6 Å². The molecule has 10 nitrogen and oxygen atoms in total. The molecule has 0 radical (unpaired) electrons. The number of likely N-dealkylation sites (tertiary alicyclic amines) is 1. The Hall–Kier alpha value is -4.10. The molecule has 1 fully saturated rings. The third-order valence-electron chi connectivity index (χ3n) is 5.63. The van der Waals surface area contributed by atoms with Crippen molar-refractivity contribution in [1.29, 1.82) is 0 Å². The zero-order chi connectivity index (χ0) is 23.5. The van der Waals surface area contributed by atoms with Crippen LogP contribution in [0.5, 0.6) is 0 Å². The normalized spacial score (nSPS) is 17.6. The fourth-order valence-corrected chi connectivity index (χ4v) is 4.13. The number of methoxy groups -OCH3 is 1. The van der Waals surface area contributed by atoms with Gasteiger partial charge in [0.1, 0.15) is 11.4 Å². The van der Waals surface area contributed by atoms with Crippen LogP contribution in [-0.2, 0) is 9.53 Å². The molecule has 33 heavy (non-hydrogen) atoms. The van der Waals surface area contributed by atoms with Gasteiger partial charge in [-0.3, -0.25) is 9.59 Å². The molecular weight excluding hydrogens is 424 g/mol. The first-order valence-electron chi connectivity index (χ1n) is 10.3. The summed E-state index contributed by atoms with van der Waals surface area (Å²) in [6, 6.07) is 5.11. The molecule has 2 amide bonds. The van der Waals surface area contributed by atoms with Crippen molar-refractivity contribution in [2.75, 3.05) is 32.6 Å². The van der Waals surface area contributed by atoms with Crippen LogP contribution in [0.4, 0.5) is 5.82 Å². The molecule has 10 heteroatoms. The second-order valence-corrected chi connectivity index (χ2v) is 7.65. The first kappa shape index (κ1) is 22.1. The first-order valence-corrected chi connectivity index (χ1v) is 10.3. The van der Waals surface area contributed by atoms with Crippen molar-refractivity contribution < 1.29 is 18.8 Å². The Morgan fingerprint density at radius 1 is 1.42 bits per heavy atom. The first-order chi connectivity index (χ1) is 16.0. The van der Waals surface area contributed by atoms with Crippen molar-refractivity contribution in [2.45, 2.75) is 18.5 Å². The molecule has 1 saturated heterocycles. The summed E-state index contributed by atoms with van der Waals surface area (Å²) in [6.07, 6.45) is 3.50. The highest BCUT2D eigenvalue weighted by molar-refractivity contribution is 6.00. The van der Waals surface area contributed by atoms with Gasteiger partial charge in [-0.1, -0.05) is 17.7 Å². The van der Waals surface area contributed by atoms with Crippen LogP contribution in [0.1, 0.15) is 34.1 Å². The van der Waals surface area contributed by atoms with Gasteiger partial charge >= 0.3 is 0 Å². The van der Waals surface area contributed by atoms with Crippen molar-refractivity contribution >= 4 is 28.6 Å². The number of carbonyl (C=O) groups excluding carboxylic acids is 2. The molecule has 1 aliphatic rings. The van der Waals surface area contributed by atoms with Gasteiger partial charge < -0.3 is 25.2 Å². The molecule has 2 atom stereocenters. The predicted octanol–water partition coefficient (Wildman–Crippen LogP) is 1.54. The van der Waals surface area contributed by atoms with Gasteiger partial charge in [-0.25, -0.2) is 4.68 Å².